The Bertz CT molecular complexity index is 576. The molecule has 9 heteroatoms. The first-order valence-electron chi connectivity index (χ1n) is 6.39. The van der Waals surface area contributed by atoms with Gasteiger partial charge in [0.15, 0.2) is 0 Å². The quantitative estimate of drug-likeness (QED) is 0.792. The third kappa shape index (κ3) is 2.52. The van der Waals surface area contributed by atoms with E-state index in [9.17, 15) is 0 Å². The highest BCUT2D eigenvalue weighted by Gasteiger charge is 2.25. The van der Waals surface area contributed by atoms with Crippen molar-refractivity contribution in [2.75, 3.05) is 23.7 Å². The van der Waals surface area contributed by atoms with Gasteiger partial charge < -0.3 is 15.4 Å². The van der Waals surface area contributed by atoms with Crippen molar-refractivity contribution in [3.63, 3.8) is 0 Å². The van der Waals surface area contributed by atoms with Crippen LogP contribution in [0.4, 0.5) is 11.9 Å². The number of anilines is 2. The number of nitrogens with zero attached hydrogens (tertiary/aromatic N) is 7. The summed E-state index contributed by atoms with van der Waals surface area (Å²) in [5.74, 6) is 1.05. The third-order valence-electron chi connectivity index (χ3n) is 2.96. The predicted molar refractivity (Wildman–Crippen MR) is 71.4 cm³/mol. The Kier molecular flexibility index (Phi) is 3.18. The Labute approximate surface area is 115 Å². The lowest BCUT2D eigenvalue weighted by molar-refractivity contribution is -0.00572. The molecular formula is C11H16N8O. The molecule has 3 heterocycles. The maximum Gasteiger partial charge on any atom is 0.258 e. The maximum atomic E-state index is 5.76. The fourth-order valence-corrected chi connectivity index (χ4v) is 2.27. The van der Waals surface area contributed by atoms with Gasteiger partial charge in [-0.15, -0.1) is 0 Å². The molecule has 2 unspecified atom stereocenters. The Morgan fingerprint density at radius 3 is 2.50 bits per heavy atom. The summed E-state index contributed by atoms with van der Waals surface area (Å²) in [5, 5.41) is 4.00. The number of rotatable bonds is 2. The largest absolute Gasteiger partial charge is 0.372 e. The van der Waals surface area contributed by atoms with Crippen LogP contribution >= 0.6 is 0 Å². The van der Waals surface area contributed by atoms with Crippen LogP contribution in [0.25, 0.3) is 5.95 Å². The molecule has 0 aromatic carbocycles. The van der Waals surface area contributed by atoms with Gasteiger partial charge in [0.25, 0.3) is 5.95 Å². The molecule has 0 spiro atoms. The fraction of sp³-hybridized carbons (Fsp3) is 0.545. The molecule has 0 bridgehead atoms. The highest BCUT2D eigenvalue weighted by Crippen LogP contribution is 2.17. The zero-order chi connectivity index (χ0) is 14.1. The number of hydrogen-bond donors (Lipinski definition) is 1. The van der Waals surface area contributed by atoms with Gasteiger partial charge in [-0.25, -0.2) is 4.98 Å². The molecule has 2 atom stereocenters. The fourth-order valence-electron chi connectivity index (χ4n) is 2.27. The number of nitrogens with two attached hydrogens (primary N) is 1. The van der Waals surface area contributed by atoms with Crippen LogP contribution < -0.4 is 10.6 Å². The van der Waals surface area contributed by atoms with E-state index in [1.54, 1.807) is 0 Å². The van der Waals surface area contributed by atoms with Crippen molar-refractivity contribution in [2.45, 2.75) is 26.1 Å². The minimum atomic E-state index is 0.117. The highest BCUT2D eigenvalue weighted by molar-refractivity contribution is 5.38. The van der Waals surface area contributed by atoms with Crippen molar-refractivity contribution >= 4 is 11.9 Å². The average molecular weight is 276 g/mol. The molecule has 2 aromatic rings. The first kappa shape index (κ1) is 12.7. The van der Waals surface area contributed by atoms with Gasteiger partial charge in [-0.1, -0.05) is 0 Å². The van der Waals surface area contributed by atoms with E-state index in [2.05, 4.69) is 25.0 Å². The monoisotopic (exact) mass is 276 g/mol. The summed E-state index contributed by atoms with van der Waals surface area (Å²) in [6.45, 7) is 5.46. The lowest BCUT2D eigenvalue weighted by atomic mass is 10.2. The summed E-state index contributed by atoms with van der Waals surface area (Å²) in [4.78, 5) is 18.6. The Morgan fingerprint density at radius 2 is 1.85 bits per heavy atom. The van der Waals surface area contributed by atoms with E-state index in [1.165, 1.54) is 17.3 Å². The van der Waals surface area contributed by atoms with Crippen LogP contribution in [0.2, 0.25) is 0 Å². The van der Waals surface area contributed by atoms with Crippen LogP contribution in [-0.2, 0) is 4.74 Å². The number of nitrogen functional groups attached to an aromatic ring is 1. The molecule has 0 aliphatic carbocycles. The van der Waals surface area contributed by atoms with Crippen molar-refractivity contribution in [1.82, 2.24) is 29.7 Å². The van der Waals surface area contributed by atoms with E-state index in [0.717, 1.165) is 0 Å². The Balaban J connectivity index is 1.93. The molecule has 0 radical (unpaired) electrons. The maximum absolute atomic E-state index is 5.76. The second kappa shape index (κ2) is 5.00. The molecule has 1 aliphatic rings. The van der Waals surface area contributed by atoms with Crippen molar-refractivity contribution in [3.05, 3.63) is 12.7 Å². The van der Waals surface area contributed by atoms with Crippen LogP contribution in [0.1, 0.15) is 13.8 Å². The van der Waals surface area contributed by atoms with Gasteiger partial charge in [-0.05, 0) is 13.8 Å². The zero-order valence-corrected chi connectivity index (χ0v) is 11.3. The molecule has 2 aromatic heterocycles. The van der Waals surface area contributed by atoms with Gasteiger partial charge >= 0.3 is 0 Å². The smallest absolute Gasteiger partial charge is 0.258 e. The normalized spacial score (nSPS) is 23.0. The van der Waals surface area contributed by atoms with E-state index in [0.29, 0.717) is 25.0 Å². The predicted octanol–water partition coefficient (Wildman–Crippen LogP) is -0.352. The molecule has 1 fully saturated rings. The third-order valence-corrected chi connectivity index (χ3v) is 2.96. The van der Waals surface area contributed by atoms with Gasteiger partial charge in [0.1, 0.15) is 12.7 Å². The average Bonchev–Trinajstić information content (AvgIpc) is 2.90. The van der Waals surface area contributed by atoms with Crippen LogP contribution in [0.3, 0.4) is 0 Å². The highest BCUT2D eigenvalue weighted by atomic mass is 16.5. The van der Waals surface area contributed by atoms with Gasteiger partial charge in [0, 0.05) is 13.1 Å². The lowest BCUT2D eigenvalue weighted by Gasteiger charge is -2.35. The number of morpholine rings is 1. The number of aromatic nitrogens is 6. The van der Waals surface area contributed by atoms with Crippen molar-refractivity contribution in [1.29, 1.82) is 0 Å². The molecule has 1 saturated heterocycles. The number of hydrogen-bond acceptors (Lipinski definition) is 8. The minimum absolute atomic E-state index is 0.117. The van der Waals surface area contributed by atoms with E-state index in [4.69, 9.17) is 10.5 Å². The first-order valence-corrected chi connectivity index (χ1v) is 6.39. The van der Waals surface area contributed by atoms with E-state index < -0.39 is 0 Å². The molecule has 106 valence electrons. The first-order chi connectivity index (χ1) is 9.61. The SMILES string of the molecule is CC1CN(c2nc(N)nc(-n3cncn3)n2)CC(C)O1. The van der Waals surface area contributed by atoms with E-state index in [1.807, 2.05) is 18.7 Å². The summed E-state index contributed by atoms with van der Waals surface area (Å²) in [7, 11) is 0. The van der Waals surface area contributed by atoms with Gasteiger partial charge in [0.2, 0.25) is 11.9 Å². The van der Waals surface area contributed by atoms with Gasteiger partial charge in [0.05, 0.1) is 12.2 Å². The summed E-state index contributed by atoms with van der Waals surface area (Å²) in [6.07, 6.45) is 3.17. The zero-order valence-electron chi connectivity index (χ0n) is 11.3. The van der Waals surface area contributed by atoms with Crippen molar-refractivity contribution in [2.24, 2.45) is 0 Å². The standard InChI is InChI=1S/C11H16N8O/c1-7-3-18(4-8(2)20-7)10-15-9(12)16-11(17-10)19-6-13-5-14-19/h5-8H,3-4H2,1-2H3,(H2,12,15,16,17). The molecule has 3 rings (SSSR count). The molecule has 20 heavy (non-hydrogen) atoms. The second-order valence-electron chi connectivity index (χ2n) is 4.80. The lowest BCUT2D eigenvalue weighted by Crippen LogP contribution is -2.46. The van der Waals surface area contributed by atoms with Crippen molar-refractivity contribution < 1.29 is 4.74 Å². The van der Waals surface area contributed by atoms with E-state index >= 15 is 0 Å². The molecular weight excluding hydrogens is 260 g/mol. The minimum Gasteiger partial charge on any atom is -0.372 e. The molecule has 0 amide bonds. The molecule has 0 saturated carbocycles. The Morgan fingerprint density at radius 1 is 1.15 bits per heavy atom. The topological polar surface area (TPSA) is 108 Å². The molecule has 2 N–H and O–H groups in total. The molecule has 9 nitrogen and oxygen atoms in total. The summed E-state index contributed by atoms with van der Waals surface area (Å²) in [5.41, 5.74) is 5.76. The molecule has 1 aliphatic heterocycles. The Hall–Kier alpha value is -2.29. The van der Waals surface area contributed by atoms with Crippen LogP contribution in [0.5, 0.6) is 0 Å². The van der Waals surface area contributed by atoms with Crippen LogP contribution in [-0.4, -0.2) is 55.0 Å². The summed E-state index contributed by atoms with van der Waals surface area (Å²) in [6, 6.07) is 0. The van der Waals surface area contributed by atoms with Gasteiger partial charge in [-0.2, -0.15) is 24.7 Å². The summed E-state index contributed by atoms with van der Waals surface area (Å²) < 4.78 is 7.15. The van der Waals surface area contributed by atoms with Crippen LogP contribution in [0, 0.1) is 0 Å². The summed E-state index contributed by atoms with van der Waals surface area (Å²) >= 11 is 0. The number of ether oxygens (including phenoxy) is 1. The van der Waals surface area contributed by atoms with Crippen LogP contribution in [0.15, 0.2) is 12.7 Å². The van der Waals surface area contributed by atoms with E-state index in [-0.39, 0.29) is 18.2 Å². The van der Waals surface area contributed by atoms with Crippen molar-refractivity contribution in [3.8, 4) is 5.95 Å². The van der Waals surface area contributed by atoms with Gasteiger partial charge in [-0.3, -0.25) is 0 Å². The second-order valence-corrected chi connectivity index (χ2v) is 4.80.